The van der Waals surface area contributed by atoms with E-state index in [0.29, 0.717) is 0 Å². The van der Waals surface area contributed by atoms with Gasteiger partial charge < -0.3 is 9.73 Å². The molecule has 78 valence electrons. The van der Waals surface area contributed by atoms with Crippen LogP contribution in [0.1, 0.15) is 22.7 Å². The molecule has 0 aliphatic rings. The van der Waals surface area contributed by atoms with Crippen LogP contribution in [0.3, 0.4) is 0 Å². The quantitative estimate of drug-likeness (QED) is 0.829. The molecule has 0 aliphatic carbocycles. The van der Waals surface area contributed by atoms with Gasteiger partial charge in [0.1, 0.15) is 0 Å². The summed E-state index contributed by atoms with van der Waals surface area (Å²) in [4.78, 5) is 4.19. The van der Waals surface area contributed by atoms with Gasteiger partial charge in [-0.2, -0.15) is 0 Å². The first-order chi connectivity index (χ1) is 7.31. The molecule has 0 amide bonds. The van der Waals surface area contributed by atoms with Crippen LogP contribution in [0.4, 0.5) is 0 Å². The second-order valence-corrected chi connectivity index (χ2v) is 3.57. The molecular weight excluding hydrogens is 188 g/mol. The Bertz CT molecular complexity index is 423. The zero-order valence-corrected chi connectivity index (χ0v) is 8.90. The van der Waals surface area contributed by atoms with Crippen LogP contribution in [0.2, 0.25) is 0 Å². The summed E-state index contributed by atoms with van der Waals surface area (Å²) < 4.78 is 5.09. The van der Waals surface area contributed by atoms with Gasteiger partial charge in [-0.25, -0.2) is 0 Å². The standard InChI is InChI=1S/C12H14N2O/c1-9-5-11(7-14-6-9)12(13-2)10-3-4-15-8-10/h3-8,12-13H,1-2H3. The molecule has 2 heterocycles. The molecule has 3 heteroatoms. The van der Waals surface area contributed by atoms with Crippen molar-refractivity contribution in [2.24, 2.45) is 0 Å². The highest BCUT2D eigenvalue weighted by molar-refractivity contribution is 5.29. The van der Waals surface area contributed by atoms with Crippen molar-refractivity contribution in [1.29, 1.82) is 0 Å². The maximum absolute atomic E-state index is 5.09. The van der Waals surface area contributed by atoms with Gasteiger partial charge in [0.2, 0.25) is 0 Å². The van der Waals surface area contributed by atoms with Crippen LogP contribution in [0.15, 0.2) is 41.5 Å². The molecule has 0 saturated carbocycles. The van der Waals surface area contributed by atoms with Gasteiger partial charge in [0.25, 0.3) is 0 Å². The van der Waals surface area contributed by atoms with Crippen LogP contribution in [0.5, 0.6) is 0 Å². The minimum Gasteiger partial charge on any atom is -0.472 e. The summed E-state index contributed by atoms with van der Waals surface area (Å²) in [6.45, 7) is 2.04. The molecule has 0 spiro atoms. The Hall–Kier alpha value is -1.61. The van der Waals surface area contributed by atoms with Gasteiger partial charge in [-0.05, 0) is 31.2 Å². The number of rotatable bonds is 3. The third-order valence-corrected chi connectivity index (χ3v) is 2.39. The van der Waals surface area contributed by atoms with Crippen molar-refractivity contribution < 1.29 is 4.42 Å². The molecule has 0 aromatic carbocycles. The highest BCUT2D eigenvalue weighted by Gasteiger charge is 2.12. The Morgan fingerprint density at radius 2 is 2.20 bits per heavy atom. The molecule has 15 heavy (non-hydrogen) atoms. The first-order valence-electron chi connectivity index (χ1n) is 4.92. The minimum absolute atomic E-state index is 0.149. The predicted octanol–water partition coefficient (Wildman–Crippen LogP) is 2.29. The summed E-state index contributed by atoms with van der Waals surface area (Å²) in [6.07, 6.45) is 7.17. The fourth-order valence-corrected chi connectivity index (χ4v) is 1.70. The highest BCUT2D eigenvalue weighted by Crippen LogP contribution is 2.21. The third-order valence-electron chi connectivity index (χ3n) is 2.39. The topological polar surface area (TPSA) is 38.1 Å². The number of aromatic nitrogens is 1. The molecule has 0 bridgehead atoms. The maximum Gasteiger partial charge on any atom is 0.0953 e. The Morgan fingerprint density at radius 3 is 2.80 bits per heavy atom. The van der Waals surface area contributed by atoms with E-state index in [1.54, 1.807) is 12.5 Å². The van der Waals surface area contributed by atoms with Gasteiger partial charge in [0.15, 0.2) is 0 Å². The van der Waals surface area contributed by atoms with E-state index < -0.39 is 0 Å². The maximum atomic E-state index is 5.09. The lowest BCUT2D eigenvalue weighted by atomic mass is 10.0. The van der Waals surface area contributed by atoms with Crippen LogP contribution < -0.4 is 5.32 Å². The molecule has 0 fully saturated rings. The number of nitrogens with zero attached hydrogens (tertiary/aromatic N) is 1. The minimum atomic E-state index is 0.149. The van der Waals surface area contributed by atoms with Crippen molar-refractivity contribution in [2.45, 2.75) is 13.0 Å². The summed E-state index contributed by atoms with van der Waals surface area (Å²) >= 11 is 0. The van der Waals surface area contributed by atoms with Crippen LogP contribution in [0.25, 0.3) is 0 Å². The van der Waals surface area contributed by atoms with Crippen LogP contribution in [0, 0.1) is 6.92 Å². The van der Waals surface area contributed by atoms with Crippen LogP contribution in [-0.4, -0.2) is 12.0 Å². The number of pyridine rings is 1. The Balaban J connectivity index is 2.35. The van der Waals surface area contributed by atoms with Crippen molar-refractivity contribution in [3.63, 3.8) is 0 Å². The zero-order chi connectivity index (χ0) is 10.7. The van der Waals surface area contributed by atoms with Crippen molar-refractivity contribution >= 4 is 0 Å². The molecule has 3 nitrogen and oxygen atoms in total. The number of hydrogen-bond acceptors (Lipinski definition) is 3. The molecule has 1 atom stereocenters. The number of furan rings is 1. The van der Waals surface area contributed by atoms with Gasteiger partial charge in [-0.15, -0.1) is 0 Å². The summed E-state index contributed by atoms with van der Waals surface area (Å²) in [5, 5.41) is 3.25. The van der Waals surface area contributed by atoms with Gasteiger partial charge in [0, 0.05) is 18.0 Å². The van der Waals surface area contributed by atoms with Crippen LogP contribution in [-0.2, 0) is 0 Å². The number of aryl methyl sites for hydroxylation is 1. The molecule has 0 aliphatic heterocycles. The van der Waals surface area contributed by atoms with Crippen molar-refractivity contribution in [1.82, 2.24) is 10.3 Å². The highest BCUT2D eigenvalue weighted by atomic mass is 16.3. The molecular formula is C12H14N2O. The van der Waals surface area contributed by atoms with Gasteiger partial charge in [-0.3, -0.25) is 4.98 Å². The average molecular weight is 202 g/mol. The molecule has 2 aromatic rings. The number of nitrogens with one attached hydrogen (secondary N) is 1. The summed E-state index contributed by atoms with van der Waals surface area (Å²) in [5.41, 5.74) is 3.43. The smallest absolute Gasteiger partial charge is 0.0953 e. The second-order valence-electron chi connectivity index (χ2n) is 3.57. The first kappa shape index (κ1) is 9.93. The van der Waals surface area contributed by atoms with E-state index in [-0.39, 0.29) is 6.04 Å². The fourth-order valence-electron chi connectivity index (χ4n) is 1.70. The van der Waals surface area contributed by atoms with Crippen molar-refractivity contribution in [3.05, 3.63) is 53.7 Å². The first-order valence-corrected chi connectivity index (χ1v) is 4.92. The molecule has 2 rings (SSSR count). The fraction of sp³-hybridized carbons (Fsp3) is 0.250. The normalized spacial score (nSPS) is 12.7. The lowest BCUT2D eigenvalue weighted by molar-refractivity contribution is 0.557. The van der Waals surface area contributed by atoms with Crippen molar-refractivity contribution in [2.75, 3.05) is 7.05 Å². The molecule has 0 saturated heterocycles. The molecule has 2 aromatic heterocycles. The van der Waals surface area contributed by atoms with E-state index in [2.05, 4.69) is 16.4 Å². The average Bonchev–Trinajstić information content (AvgIpc) is 2.72. The van der Waals surface area contributed by atoms with E-state index in [9.17, 15) is 0 Å². The lowest BCUT2D eigenvalue weighted by Gasteiger charge is -2.14. The van der Waals surface area contributed by atoms with Gasteiger partial charge in [0.05, 0.1) is 18.6 Å². The Morgan fingerprint density at radius 1 is 1.33 bits per heavy atom. The van der Waals surface area contributed by atoms with E-state index >= 15 is 0 Å². The van der Waals surface area contributed by atoms with E-state index in [4.69, 9.17) is 4.42 Å². The third kappa shape index (κ3) is 2.07. The van der Waals surface area contributed by atoms with Gasteiger partial charge >= 0.3 is 0 Å². The van der Waals surface area contributed by atoms with Gasteiger partial charge in [-0.1, -0.05) is 6.07 Å². The monoisotopic (exact) mass is 202 g/mol. The van der Waals surface area contributed by atoms with Crippen molar-refractivity contribution in [3.8, 4) is 0 Å². The van der Waals surface area contributed by atoms with E-state index in [1.165, 1.54) is 0 Å². The summed E-state index contributed by atoms with van der Waals surface area (Å²) in [5.74, 6) is 0. The Labute approximate surface area is 89.1 Å². The summed E-state index contributed by atoms with van der Waals surface area (Å²) in [6, 6.07) is 4.24. The van der Waals surface area contributed by atoms with Crippen LogP contribution >= 0.6 is 0 Å². The Kier molecular flexibility index (Phi) is 2.83. The number of hydrogen-bond donors (Lipinski definition) is 1. The predicted molar refractivity (Wildman–Crippen MR) is 58.6 cm³/mol. The molecule has 1 N–H and O–H groups in total. The zero-order valence-electron chi connectivity index (χ0n) is 8.90. The lowest BCUT2D eigenvalue weighted by Crippen LogP contribution is -2.17. The van der Waals surface area contributed by atoms with E-state index in [1.807, 2.05) is 32.4 Å². The second kappa shape index (κ2) is 4.28. The SMILES string of the molecule is CNC(c1ccoc1)c1cncc(C)c1. The van der Waals surface area contributed by atoms with E-state index in [0.717, 1.165) is 16.7 Å². The molecule has 0 radical (unpaired) electrons. The summed E-state index contributed by atoms with van der Waals surface area (Å²) in [7, 11) is 1.93. The molecule has 1 unspecified atom stereocenters. The largest absolute Gasteiger partial charge is 0.472 e.